The largest absolute Gasteiger partial charge is 0.450 e. The minimum Gasteiger partial charge on any atom is -0.450 e. The van der Waals surface area contributed by atoms with Crippen LogP contribution in [-0.2, 0) is 10.3 Å². The predicted octanol–water partition coefficient (Wildman–Crippen LogP) is 5.55. The van der Waals surface area contributed by atoms with Crippen molar-refractivity contribution in [3.05, 3.63) is 97.9 Å². The van der Waals surface area contributed by atoms with Gasteiger partial charge in [0.15, 0.2) is 16.1 Å². The molecule has 0 N–H and O–H groups in total. The number of hydrogen-bond acceptors (Lipinski definition) is 6. The molecule has 2 aromatic heterocycles. The number of thiazole rings is 1. The number of benzene rings is 3. The lowest BCUT2D eigenvalue weighted by Crippen LogP contribution is -2.53. The SMILES string of the molecule is Cc1cc2oc3c(c(=O)c2cc1C)C1(C(=O)N(C)c2ccccc21)N(c1nc2ccc(Cl)cc2s1)C3=O. The number of aromatic nitrogens is 1. The van der Waals surface area contributed by atoms with Crippen molar-refractivity contribution < 1.29 is 14.0 Å². The summed E-state index contributed by atoms with van der Waals surface area (Å²) in [5.41, 5.74) is 1.79. The molecule has 5 aromatic rings. The Labute approximate surface area is 219 Å². The Kier molecular flexibility index (Phi) is 4.37. The summed E-state index contributed by atoms with van der Waals surface area (Å²) >= 11 is 7.44. The highest BCUT2D eigenvalue weighted by atomic mass is 35.5. The van der Waals surface area contributed by atoms with Gasteiger partial charge in [-0.15, -0.1) is 0 Å². The van der Waals surface area contributed by atoms with Crippen LogP contribution in [0, 0.1) is 13.8 Å². The summed E-state index contributed by atoms with van der Waals surface area (Å²) in [6, 6.07) is 15.9. The highest BCUT2D eigenvalue weighted by Gasteiger charge is 2.65. The van der Waals surface area contributed by atoms with Crippen LogP contribution in [-0.4, -0.2) is 23.8 Å². The number of rotatable bonds is 1. The summed E-state index contributed by atoms with van der Waals surface area (Å²) in [4.78, 5) is 50.2. The number of nitrogens with zero attached hydrogens (tertiary/aromatic N) is 3. The van der Waals surface area contributed by atoms with Crippen LogP contribution in [0.2, 0.25) is 5.02 Å². The van der Waals surface area contributed by atoms with Crippen LogP contribution in [0.25, 0.3) is 21.2 Å². The topological polar surface area (TPSA) is 83.7 Å². The fourth-order valence-electron chi connectivity index (χ4n) is 5.50. The first kappa shape index (κ1) is 22.2. The molecule has 2 aliphatic rings. The Morgan fingerprint density at radius 1 is 1.00 bits per heavy atom. The van der Waals surface area contributed by atoms with Gasteiger partial charge in [0.2, 0.25) is 5.76 Å². The monoisotopic (exact) mass is 527 g/mol. The van der Waals surface area contributed by atoms with E-state index in [1.807, 2.05) is 19.9 Å². The summed E-state index contributed by atoms with van der Waals surface area (Å²) in [5, 5.41) is 1.14. The Balaban J connectivity index is 1.64. The maximum Gasteiger partial charge on any atom is 0.297 e. The van der Waals surface area contributed by atoms with Crippen molar-refractivity contribution in [2.24, 2.45) is 0 Å². The van der Waals surface area contributed by atoms with Crippen molar-refractivity contribution in [3.63, 3.8) is 0 Å². The Morgan fingerprint density at radius 2 is 1.76 bits per heavy atom. The maximum atomic E-state index is 14.3. The molecule has 0 saturated heterocycles. The first-order valence-electron chi connectivity index (χ1n) is 11.6. The first-order chi connectivity index (χ1) is 17.7. The minimum absolute atomic E-state index is 0.0207. The summed E-state index contributed by atoms with van der Waals surface area (Å²) in [5.74, 6) is -1.15. The molecule has 0 saturated carbocycles. The van der Waals surface area contributed by atoms with Crippen LogP contribution >= 0.6 is 22.9 Å². The molecule has 0 aliphatic carbocycles. The van der Waals surface area contributed by atoms with E-state index in [4.69, 9.17) is 21.0 Å². The highest BCUT2D eigenvalue weighted by Crippen LogP contribution is 2.54. The number of anilines is 2. The fourth-order valence-corrected chi connectivity index (χ4v) is 6.80. The lowest BCUT2D eigenvalue weighted by Gasteiger charge is -2.31. The molecular formula is C28H18ClN3O4S. The predicted molar refractivity (Wildman–Crippen MR) is 144 cm³/mol. The molecule has 7 rings (SSSR count). The molecule has 2 aliphatic heterocycles. The Hall–Kier alpha value is -4.01. The zero-order chi connectivity index (χ0) is 25.8. The second-order valence-corrected chi connectivity index (χ2v) is 10.9. The number of para-hydroxylation sites is 1. The van der Waals surface area contributed by atoms with Crippen LogP contribution in [0.4, 0.5) is 10.8 Å². The summed E-state index contributed by atoms with van der Waals surface area (Å²) in [6.07, 6.45) is 0. The number of likely N-dealkylation sites (N-methyl/N-ethyl adjacent to an activating group) is 1. The van der Waals surface area contributed by atoms with Gasteiger partial charge in [-0.05, 0) is 61.4 Å². The van der Waals surface area contributed by atoms with E-state index in [2.05, 4.69) is 0 Å². The van der Waals surface area contributed by atoms with Gasteiger partial charge in [0, 0.05) is 23.3 Å². The standard InChI is InChI=1S/C28H18ClN3O4S/c1-13-10-16-20(11-14(13)2)36-24-22(23(16)33)28(17-6-4-5-7-19(17)31(3)26(28)35)32(25(24)34)27-30-18-9-8-15(29)12-21(18)37-27/h4-12H,1-3H3. The third kappa shape index (κ3) is 2.66. The average molecular weight is 528 g/mol. The molecule has 37 heavy (non-hydrogen) atoms. The lowest BCUT2D eigenvalue weighted by atomic mass is 9.84. The fraction of sp³-hybridized carbons (Fsp3) is 0.143. The Morgan fingerprint density at radius 3 is 2.57 bits per heavy atom. The van der Waals surface area contributed by atoms with Crippen molar-refractivity contribution >= 4 is 66.8 Å². The van der Waals surface area contributed by atoms with E-state index in [9.17, 15) is 14.4 Å². The number of amides is 2. The number of aryl methyl sites for hydroxylation is 2. The van der Waals surface area contributed by atoms with E-state index >= 15 is 0 Å². The van der Waals surface area contributed by atoms with Crippen LogP contribution in [0.15, 0.2) is 63.8 Å². The zero-order valence-electron chi connectivity index (χ0n) is 20.0. The van der Waals surface area contributed by atoms with Gasteiger partial charge in [0.25, 0.3) is 11.8 Å². The van der Waals surface area contributed by atoms with Gasteiger partial charge in [-0.25, -0.2) is 4.98 Å². The third-order valence-corrected chi connectivity index (χ3v) is 8.64. The summed E-state index contributed by atoms with van der Waals surface area (Å²) in [6.45, 7) is 3.82. The van der Waals surface area contributed by atoms with Crippen molar-refractivity contribution in [1.82, 2.24) is 4.98 Å². The van der Waals surface area contributed by atoms with Crippen molar-refractivity contribution in [2.75, 3.05) is 16.8 Å². The number of hydrogen-bond donors (Lipinski definition) is 0. The molecule has 4 heterocycles. The molecule has 9 heteroatoms. The van der Waals surface area contributed by atoms with Gasteiger partial charge in [0.1, 0.15) is 5.58 Å². The van der Waals surface area contributed by atoms with Gasteiger partial charge in [-0.2, -0.15) is 0 Å². The molecule has 0 radical (unpaired) electrons. The van der Waals surface area contributed by atoms with Crippen LogP contribution in [0.1, 0.15) is 32.8 Å². The third-order valence-electron chi connectivity index (χ3n) is 7.40. The number of carbonyl (C=O) groups is 2. The number of halogens is 1. The molecule has 182 valence electrons. The van der Waals surface area contributed by atoms with Gasteiger partial charge >= 0.3 is 0 Å². The van der Waals surface area contributed by atoms with E-state index in [-0.39, 0.29) is 16.5 Å². The summed E-state index contributed by atoms with van der Waals surface area (Å²) < 4.78 is 6.91. The van der Waals surface area contributed by atoms with Crippen molar-refractivity contribution in [3.8, 4) is 0 Å². The molecule has 1 atom stereocenters. The van der Waals surface area contributed by atoms with Crippen LogP contribution in [0.5, 0.6) is 0 Å². The van der Waals surface area contributed by atoms with Crippen LogP contribution < -0.4 is 15.2 Å². The second kappa shape index (κ2) is 7.27. The second-order valence-electron chi connectivity index (χ2n) is 9.41. The zero-order valence-corrected chi connectivity index (χ0v) is 21.5. The average Bonchev–Trinajstić information content (AvgIpc) is 3.47. The molecule has 3 aromatic carbocycles. The molecule has 1 spiro atoms. The van der Waals surface area contributed by atoms with Crippen molar-refractivity contribution in [2.45, 2.75) is 19.4 Å². The molecular weight excluding hydrogens is 510 g/mol. The van der Waals surface area contributed by atoms with E-state index in [1.54, 1.807) is 55.6 Å². The van der Waals surface area contributed by atoms with E-state index in [1.165, 1.54) is 21.1 Å². The van der Waals surface area contributed by atoms with Gasteiger partial charge in [-0.3, -0.25) is 19.3 Å². The molecule has 2 amide bonds. The molecule has 0 bridgehead atoms. The van der Waals surface area contributed by atoms with E-state index < -0.39 is 22.8 Å². The Bertz CT molecular complexity index is 1930. The van der Waals surface area contributed by atoms with Crippen molar-refractivity contribution in [1.29, 1.82) is 0 Å². The number of fused-ring (bicyclic) bond motifs is 6. The summed E-state index contributed by atoms with van der Waals surface area (Å²) in [7, 11) is 1.64. The number of carbonyl (C=O) groups excluding carboxylic acids is 2. The lowest BCUT2D eigenvalue weighted by molar-refractivity contribution is -0.121. The maximum absolute atomic E-state index is 14.3. The van der Waals surface area contributed by atoms with Crippen LogP contribution in [0.3, 0.4) is 0 Å². The molecule has 1 unspecified atom stereocenters. The smallest absolute Gasteiger partial charge is 0.297 e. The highest BCUT2D eigenvalue weighted by molar-refractivity contribution is 7.22. The van der Waals surface area contributed by atoms with E-state index in [0.717, 1.165) is 15.8 Å². The first-order valence-corrected chi connectivity index (χ1v) is 12.8. The molecule has 0 fully saturated rings. The normalized spacial score (nSPS) is 18.5. The molecule has 7 nitrogen and oxygen atoms in total. The van der Waals surface area contributed by atoms with E-state index in [0.29, 0.717) is 32.8 Å². The van der Waals surface area contributed by atoms with Gasteiger partial charge in [-0.1, -0.05) is 41.1 Å². The van der Waals surface area contributed by atoms with Gasteiger partial charge in [0.05, 0.1) is 21.2 Å². The quantitative estimate of drug-likeness (QED) is 0.285. The van der Waals surface area contributed by atoms with Gasteiger partial charge < -0.3 is 9.32 Å². The minimum atomic E-state index is -1.75.